The highest BCUT2D eigenvalue weighted by atomic mass is 35.5. The van der Waals surface area contributed by atoms with E-state index in [-0.39, 0.29) is 5.91 Å². The lowest BCUT2D eigenvalue weighted by atomic mass is 10.1. The van der Waals surface area contributed by atoms with E-state index >= 15 is 0 Å². The fraction of sp³-hybridized carbons (Fsp3) is 0.273. The number of amides is 1. The molecule has 27 heavy (non-hydrogen) atoms. The molecule has 5 heteroatoms. The van der Waals surface area contributed by atoms with Crippen LogP contribution in [-0.4, -0.2) is 47.9 Å². The number of halogens is 1. The molecule has 2 aromatic carbocycles. The Morgan fingerprint density at radius 2 is 1.70 bits per heavy atom. The number of carbonyl (C=O) groups is 1. The molecule has 140 valence electrons. The molecule has 0 radical (unpaired) electrons. The molecular weight excluding hydrogens is 358 g/mol. The highest BCUT2D eigenvalue weighted by Crippen LogP contribution is 2.17. The molecule has 1 aromatic heterocycles. The summed E-state index contributed by atoms with van der Waals surface area (Å²) in [6.45, 7) is 2.09. The second-order valence-corrected chi connectivity index (χ2v) is 7.42. The van der Waals surface area contributed by atoms with Crippen LogP contribution in [0.5, 0.6) is 0 Å². The number of rotatable bonds is 7. The van der Waals surface area contributed by atoms with E-state index < -0.39 is 0 Å². The Morgan fingerprint density at radius 1 is 0.963 bits per heavy atom. The zero-order valence-electron chi connectivity index (χ0n) is 15.7. The number of nitrogens with zero attached hydrogens (tertiary/aromatic N) is 3. The molecule has 0 unspecified atom stereocenters. The fourth-order valence-corrected chi connectivity index (χ4v) is 3.08. The van der Waals surface area contributed by atoms with Gasteiger partial charge < -0.3 is 9.80 Å². The average molecular weight is 382 g/mol. The summed E-state index contributed by atoms with van der Waals surface area (Å²) in [5.41, 5.74) is 2.10. The van der Waals surface area contributed by atoms with Crippen molar-refractivity contribution >= 4 is 28.3 Å². The van der Waals surface area contributed by atoms with Gasteiger partial charge in [0.1, 0.15) is 0 Å². The summed E-state index contributed by atoms with van der Waals surface area (Å²) in [5.74, 6) is 0.125. The number of hydrogen-bond donors (Lipinski definition) is 0. The van der Waals surface area contributed by atoms with E-state index in [0.29, 0.717) is 24.5 Å². The standard InChI is InChI=1S/C22H24ClN3O/c1-25(2)11-12-26(16-17-4-7-21(23)8-5-17)22(27)14-18-3-6-20-15-24-10-9-19(20)13-18/h3-10,13,15H,11-12,14,16H2,1-2H3. The van der Waals surface area contributed by atoms with E-state index in [1.807, 2.05) is 67.7 Å². The molecule has 0 aliphatic rings. The van der Waals surface area contributed by atoms with Gasteiger partial charge in [-0.3, -0.25) is 9.78 Å². The van der Waals surface area contributed by atoms with Crippen molar-refractivity contribution in [3.8, 4) is 0 Å². The summed E-state index contributed by atoms with van der Waals surface area (Å²) >= 11 is 5.98. The van der Waals surface area contributed by atoms with E-state index in [4.69, 9.17) is 11.6 Å². The smallest absolute Gasteiger partial charge is 0.227 e. The zero-order chi connectivity index (χ0) is 19.2. The first kappa shape index (κ1) is 19.3. The fourth-order valence-electron chi connectivity index (χ4n) is 2.95. The molecule has 0 aliphatic heterocycles. The van der Waals surface area contributed by atoms with Crippen molar-refractivity contribution in [1.82, 2.24) is 14.8 Å². The summed E-state index contributed by atoms with van der Waals surface area (Å²) in [6, 6.07) is 15.7. The Morgan fingerprint density at radius 3 is 2.44 bits per heavy atom. The monoisotopic (exact) mass is 381 g/mol. The van der Waals surface area contributed by atoms with Crippen LogP contribution in [0.15, 0.2) is 60.9 Å². The molecule has 1 heterocycles. The van der Waals surface area contributed by atoms with Gasteiger partial charge in [0.2, 0.25) is 5.91 Å². The van der Waals surface area contributed by atoms with Gasteiger partial charge in [-0.05, 0) is 48.8 Å². The van der Waals surface area contributed by atoms with Gasteiger partial charge in [-0.2, -0.15) is 0 Å². The second kappa shape index (κ2) is 8.98. The number of aromatic nitrogens is 1. The van der Waals surface area contributed by atoms with Gasteiger partial charge in [0, 0.05) is 42.4 Å². The van der Waals surface area contributed by atoms with Gasteiger partial charge in [-0.15, -0.1) is 0 Å². The summed E-state index contributed by atoms with van der Waals surface area (Å²) in [5, 5.41) is 2.89. The lowest BCUT2D eigenvalue weighted by Crippen LogP contribution is -2.37. The lowest BCUT2D eigenvalue weighted by molar-refractivity contribution is -0.131. The van der Waals surface area contributed by atoms with E-state index in [1.54, 1.807) is 6.20 Å². The first-order valence-corrected chi connectivity index (χ1v) is 9.38. The number of carbonyl (C=O) groups excluding carboxylic acids is 1. The lowest BCUT2D eigenvalue weighted by Gasteiger charge is -2.25. The van der Waals surface area contributed by atoms with Crippen LogP contribution < -0.4 is 0 Å². The minimum atomic E-state index is 0.125. The first-order chi connectivity index (χ1) is 13.0. The summed E-state index contributed by atoms with van der Waals surface area (Å²) in [4.78, 5) is 21.1. The number of hydrogen-bond acceptors (Lipinski definition) is 3. The predicted octanol–water partition coefficient (Wildman–Crippen LogP) is 4.02. The van der Waals surface area contributed by atoms with Crippen LogP contribution in [0.25, 0.3) is 10.8 Å². The first-order valence-electron chi connectivity index (χ1n) is 9.01. The highest BCUT2D eigenvalue weighted by Gasteiger charge is 2.15. The second-order valence-electron chi connectivity index (χ2n) is 6.98. The van der Waals surface area contributed by atoms with E-state index in [2.05, 4.69) is 16.0 Å². The molecule has 0 spiro atoms. The molecule has 4 nitrogen and oxygen atoms in total. The van der Waals surface area contributed by atoms with E-state index in [9.17, 15) is 4.79 Å². The largest absolute Gasteiger partial charge is 0.337 e. The number of fused-ring (bicyclic) bond motifs is 1. The molecule has 3 rings (SSSR count). The number of likely N-dealkylation sites (N-methyl/N-ethyl adjacent to an activating group) is 1. The quantitative estimate of drug-likeness (QED) is 0.620. The molecule has 0 saturated heterocycles. The van der Waals surface area contributed by atoms with Crippen molar-refractivity contribution in [2.45, 2.75) is 13.0 Å². The Hall–Kier alpha value is -2.43. The van der Waals surface area contributed by atoms with Crippen LogP contribution in [0.1, 0.15) is 11.1 Å². The molecule has 0 saturated carbocycles. The Kier molecular flexibility index (Phi) is 6.43. The van der Waals surface area contributed by atoms with Crippen LogP contribution >= 0.6 is 11.6 Å². The zero-order valence-corrected chi connectivity index (χ0v) is 16.5. The molecule has 0 bridgehead atoms. The van der Waals surface area contributed by atoms with Gasteiger partial charge >= 0.3 is 0 Å². The third-order valence-corrected chi connectivity index (χ3v) is 4.77. The van der Waals surface area contributed by atoms with E-state index in [1.165, 1.54) is 0 Å². The summed E-state index contributed by atoms with van der Waals surface area (Å²) in [7, 11) is 4.03. The van der Waals surface area contributed by atoms with Gasteiger partial charge in [0.05, 0.1) is 6.42 Å². The molecule has 0 N–H and O–H groups in total. The number of pyridine rings is 1. The SMILES string of the molecule is CN(C)CCN(Cc1ccc(Cl)cc1)C(=O)Cc1ccc2cnccc2c1. The highest BCUT2D eigenvalue weighted by molar-refractivity contribution is 6.30. The van der Waals surface area contributed by atoms with Crippen molar-refractivity contribution in [3.63, 3.8) is 0 Å². The Bertz CT molecular complexity index is 909. The predicted molar refractivity (Wildman–Crippen MR) is 111 cm³/mol. The molecule has 0 fully saturated rings. The Balaban J connectivity index is 1.74. The maximum atomic E-state index is 13.0. The van der Waals surface area contributed by atoms with Crippen LogP contribution in [0.4, 0.5) is 0 Å². The molecular formula is C22H24ClN3O. The third-order valence-electron chi connectivity index (χ3n) is 4.52. The van der Waals surface area contributed by atoms with Crippen LogP contribution in [0.3, 0.4) is 0 Å². The maximum absolute atomic E-state index is 13.0. The van der Waals surface area contributed by atoms with Gasteiger partial charge in [-0.25, -0.2) is 0 Å². The van der Waals surface area contributed by atoms with Crippen molar-refractivity contribution in [3.05, 3.63) is 77.1 Å². The van der Waals surface area contributed by atoms with Crippen molar-refractivity contribution < 1.29 is 4.79 Å². The molecule has 3 aromatic rings. The van der Waals surface area contributed by atoms with E-state index in [0.717, 1.165) is 28.4 Å². The molecule has 0 aliphatic carbocycles. The minimum Gasteiger partial charge on any atom is -0.337 e. The average Bonchev–Trinajstić information content (AvgIpc) is 2.66. The number of benzene rings is 2. The van der Waals surface area contributed by atoms with Crippen molar-refractivity contribution in [1.29, 1.82) is 0 Å². The summed E-state index contributed by atoms with van der Waals surface area (Å²) < 4.78 is 0. The molecule has 1 amide bonds. The van der Waals surface area contributed by atoms with Crippen molar-refractivity contribution in [2.75, 3.05) is 27.2 Å². The topological polar surface area (TPSA) is 36.4 Å². The van der Waals surface area contributed by atoms with Crippen LogP contribution in [-0.2, 0) is 17.8 Å². The van der Waals surface area contributed by atoms with Crippen molar-refractivity contribution in [2.24, 2.45) is 0 Å². The summed E-state index contributed by atoms with van der Waals surface area (Å²) in [6.07, 6.45) is 4.00. The van der Waals surface area contributed by atoms with Gasteiger partial charge in [0.15, 0.2) is 0 Å². The normalized spacial score (nSPS) is 11.1. The minimum absolute atomic E-state index is 0.125. The Labute approximate surface area is 165 Å². The van der Waals surface area contributed by atoms with Gasteiger partial charge in [-0.1, -0.05) is 41.9 Å². The maximum Gasteiger partial charge on any atom is 0.227 e. The third kappa shape index (κ3) is 5.52. The van der Waals surface area contributed by atoms with Crippen LogP contribution in [0, 0.1) is 0 Å². The van der Waals surface area contributed by atoms with Crippen LogP contribution in [0.2, 0.25) is 5.02 Å². The molecule has 0 atom stereocenters. The van der Waals surface area contributed by atoms with Gasteiger partial charge in [0.25, 0.3) is 0 Å².